The third-order valence-corrected chi connectivity index (χ3v) is 3.26. The third-order valence-electron chi connectivity index (χ3n) is 2.91. The quantitative estimate of drug-likeness (QED) is 0.892. The van der Waals surface area contributed by atoms with Crippen molar-refractivity contribution < 1.29 is 4.74 Å². The predicted molar refractivity (Wildman–Crippen MR) is 79.7 cm³/mol. The lowest BCUT2D eigenvalue weighted by Gasteiger charge is -2.09. The van der Waals surface area contributed by atoms with Gasteiger partial charge < -0.3 is 10.1 Å². The molecule has 0 saturated heterocycles. The van der Waals surface area contributed by atoms with Crippen molar-refractivity contribution in [2.75, 3.05) is 7.05 Å². The largest absolute Gasteiger partial charge is 0.489 e. The maximum Gasteiger partial charge on any atom is 0.119 e. The van der Waals surface area contributed by atoms with Crippen LogP contribution in [0.1, 0.15) is 16.7 Å². The molecule has 1 N–H and O–H groups in total. The summed E-state index contributed by atoms with van der Waals surface area (Å²) < 4.78 is 5.74. The molecule has 0 unspecified atom stereocenters. The van der Waals surface area contributed by atoms with E-state index in [0.29, 0.717) is 6.61 Å². The van der Waals surface area contributed by atoms with Gasteiger partial charge in [-0.1, -0.05) is 35.9 Å². The highest BCUT2D eigenvalue weighted by molar-refractivity contribution is 6.31. The topological polar surface area (TPSA) is 21.3 Å². The van der Waals surface area contributed by atoms with Crippen LogP contribution < -0.4 is 10.1 Å². The summed E-state index contributed by atoms with van der Waals surface area (Å²) in [4.78, 5) is 0. The molecule has 0 aliphatic carbocycles. The highest BCUT2D eigenvalue weighted by Gasteiger charge is 2.02. The Kier molecular flexibility index (Phi) is 4.83. The van der Waals surface area contributed by atoms with Crippen LogP contribution in [0.4, 0.5) is 0 Å². The number of rotatable bonds is 5. The van der Waals surface area contributed by atoms with Gasteiger partial charge in [0.25, 0.3) is 0 Å². The fraction of sp³-hybridized carbons (Fsp3) is 0.250. The van der Waals surface area contributed by atoms with E-state index < -0.39 is 0 Å². The zero-order valence-electron chi connectivity index (χ0n) is 11.2. The summed E-state index contributed by atoms with van der Waals surface area (Å²) in [5.74, 6) is 0.858. The van der Waals surface area contributed by atoms with Crippen LogP contribution in [0.5, 0.6) is 5.75 Å². The van der Waals surface area contributed by atoms with Gasteiger partial charge in [-0.3, -0.25) is 0 Å². The number of hydrogen-bond acceptors (Lipinski definition) is 2. The van der Waals surface area contributed by atoms with Crippen molar-refractivity contribution in [2.45, 2.75) is 20.1 Å². The monoisotopic (exact) mass is 275 g/mol. The molecule has 2 aromatic rings. The van der Waals surface area contributed by atoms with E-state index in [9.17, 15) is 0 Å². The number of hydrogen-bond donors (Lipinski definition) is 1. The van der Waals surface area contributed by atoms with Crippen LogP contribution in [-0.2, 0) is 13.2 Å². The second-order valence-electron chi connectivity index (χ2n) is 4.56. The van der Waals surface area contributed by atoms with Gasteiger partial charge in [0.1, 0.15) is 12.4 Å². The van der Waals surface area contributed by atoms with Gasteiger partial charge in [0.2, 0.25) is 0 Å². The lowest BCUT2D eigenvalue weighted by Crippen LogP contribution is -2.04. The molecule has 0 saturated carbocycles. The molecule has 2 nitrogen and oxygen atoms in total. The molecule has 0 aliphatic rings. The Hall–Kier alpha value is -1.51. The van der Waals surface area contributed by atoms with E-state index in [1.165, 1.54) is 5.56 Å². The standard InChI is InChI=1S/C16H18ClNO/c1-12-3-6-14(16(17)9-12)11-19-15-7-4-13(5-8-15)10-18-2/h3-9,18H,10-11H2,1-2H3. The van der Waals surface area contributed by atoms with Crippen LogP contribution in [0.15, 0.2) is 42.5 Å². The normalized spacial score (nSPS) is 10.5. The highest BCUT2D eigenvalue weighted by atomic mass is 35.5. The van der Waals surface area contributed by atoms with Crippen molar-refractivity contribution in [2.24, 2.45) is 0 Å². The van der Waals surface area contributed by atoms with Crippen molar-refractivity contribution >= 4 is 11.6 Å². The van der Waals surface area contributed by atoms with Gasteiger partial charge >= 0.3 is 0 Å². The summed E-state index contributed by atoms with van der Waals surface area (Å²) in [6.07, 6.45) is 0. The second-order valence-corrected chi connectivity index (χ2v) is 4.97. The Morgan fingerprint density at radius 2 is 1.84 bits per heavy atom. The summed E-state index contributed by atoms with van der Waals surface area (Å²) in [5.41, 5.74) is 3.40. The van der Waals surface area contributed by atoms with Gasteiger partial charge in [0.15, 0.2) is 0 Å². The molecule has 0 amide bonds. The summed E-state index contributed by atoms with van der Waals surface area (Å²) in [6, 6.07) is 14.1. The number of aryl methyl sites for hydroxylation is 1. The molecule has 3 heteroatoms. The SMILES string of the molecule is CNCc1ccc(OCc2ccc(C)cc2Cl)cc1. The van der Waals surface area contributed by atoms with Crippen LogP contribution in [0, 0.1) is 6.92 Å². The lowest BCUT2D eigenvalue weighted by atomic mass is 10.1. The second kappa shape index (κ2) is 6.60. The van der Waals surface area contributed by atoms with E-state index in [-0.39, 0.29) is 0 Å². The summed E-state index contributed by atoms with van der Waals surface area (Å²) in [7, 11) is 1.93. The Morgan fingerprint density at radius 1 is 1.11 bits per heavy atom. The summed E-state index contributed by atoms with van der Waals surface area (Å²) in [5, 5.41) is 3.87. The molecule has 0 heterocycles. The van der Waals surface area contributed by atoms with Crippen LogP contribution in [-0.4, -0.2) is 7.05 Å². The molecular formula is C16H18ClNO. The minimum Gasteiger partial charge on any atom is -0.489 e. The van der Waals surface area contributed by atoms with E-state index in [2.05, 4.69) is 17.4 Å². The molecule has 2 rings (SSSR count). The minimum atomic E-state index is 0.491. The molecule has 100 valence electrons. The van der Waals surface area contributed by atoms with Gasteiger partial charge in [-0.05, 0) is 43.3 Å². The van der Waals surface area contributed by atoms with Gasteiger partial charge in [-0.25, -0.2) is 0 Å². The number of halogens is 1. The van der Waals surface area contributed by atoms with Gasteiger partial charge in [-0.15, -0.1) is 0 Å². The highest BCUT2D eigenvalue weighted by Crippen LogP contribution is 2.20. The Labute approximate surface area is 119 Å². The average molecular weight is 276 g/mol. The smallest absolute Gasteiger partial charge is 0.119 e. The van der Waals surface area contributed by atoms with Crippen LogP contribution >= 0.6 is 11.6 Å². The zero-order valence-corrected chi connectivity index (χ0v) is 12.0. The number of nitrogens with one attached hydrogen (secondary N) is 1. The molecule has 0 fully saturated rings. The van der Waals surface area contributed by atoms with Gasteiger partial charge in [0, 0.05) is 17.1 Å². The molecule has 2 aromatic carbocycles. The number of ether oxygens (including phenoxy) is 1. The van der Waals surface area contributed by atoms with Gasteiger partial charge in [0.05, 0.1) is 0 Å². The first kappa shape index (κ1) is 13.9. The minimum absolute atomic E-state index is 0.491. The molecule has 0 radical (unpaired) electrons. The van der Waals surface area contributed by atoms with Crippen LogP contribution in [0.3, 0.4) is 0 Å². The molecule has 0 bridgehead atoms. The zero-order chi connectivity index (χ0) is 13.7. The molecule has 0 spiro atoms. The average Bonchev–Trinajstić information content (AvgIpc) is 2.40. The van der Waals surface area contributed by atoms with E-state index >= 15 is 0 Å². The van der Waals surface area contributed by atoms with Crippen LogP contribution in [0.25, 0.3) is 0 Å². The summed E-state index contributed by atoms with van der Waals surface area (Å²) >= 11 is 6.17. The third kappa shape index (κ3) is 3.98. The Balaban J connectivity index is 1.98. The number of benzene rings is 2. The summed E-state index contributed by atoms with van der Waals surface area (Å²) in [6.45, 7) is 3.38. The van der Waals surface area contributed by atoms with Crippen molar-refractivity contribution in [3.63, 3.8) is 0 Å². The molecule has 0 aliphatic heterocycles. The Bertz CT molecular complexity index is 537. The first-order valence-electron chi connectivity index (χ1n) is 6.30. The molecule has 0 aromatic heterocycles. The van der Waals surface area contributed by atoms with Crippen molar-refractivity contribution in [3.8, 4) is 5.75 Å². The maximum absolute atomic E-state index is 6.17. The van der Waals surface area contributed by atoms with Crippen molar-refractivity contribution in [1.82, 2.24) is 5.32 Å². The predicted octanol–water partition coefficient (Wildman–Crippen LogP) is 3.95. The maximum atomic E-state index is 6.17. The fourth-order valence-electron chi connectivity index (χ4n) is 1.84. The first-order valence-corrected chi connectivity index (χ1v) is 6.68. The first-order chi connectivity index (χ1) is 9.19. The van der Waals surface area contributed by atoms with Gasteiger partial charge in [-0.2, -0.15) is 0 Å². The van der Waals surface area contributed by atoms with E-state index in [1.54, 1.807) is 0 Å². The van der Waals surface area contributed by atoms with Crippen LogP contribution in [0.2, 0.25) is 5.02 Å². The van der Waals surface area contributed by atoms with Crippen molar-refractivity contribution in [1.29, 1.82) is 0 Å². The lowest BCUT2D eigenvalue weighted by molar-refractivity contribution is 0.306. The van der Waals surface area contributed by atoms with E-state index in [1.807, 2.05) is 44.3 Å². The molecular weight excluding hydrogens is 258 g/mol. The fourth-order valence-corrected chi connectivity index (χ4v) is 2.13. The van der Waals surface area contributed by atoms with E-state index in [4.69, 9.17) is 16.3 Å². The molecule has 19 heavy (non-hydrogen) atoms. The van der Waals surface area contributed by atoms with Crippen molar-refractivity contribution in [3.05, 3.63) is 64.2 Å². The molecule has 0 atom stereocenters. The van der Waals surface area contributed by atoms with E-state index in [0.717, 1.165) is 28.4 Å². The Morgan fingerprint density at radius 3 is 2.47 bits per heavy atom.